The molecular formula is C39H26N2S. The Morgan fingerprint density at radius 2 is 0.976 bits per heavy atom. The van der Waals surface area contributed by atoms with E-state index in [4.69, 9.17) is 4.37 Å². The van der Waals surface area contributed by atoms with E-state index in [1.165, 1.54) is 42.8 Å². The molecule has 0 saturated carbocycles. The van der Waals surface area contributed by atoms with E-state index in [1.54, 1.807) is 11.5 Å². The quantitative estimate of drug-likeness (QED) is 0.197. The Bertz CT molecular complexity index is 2170. The van der Waals surface area contributed by atoms with E-state index in [-0.39, 0.29) is 0 Å². The van der Waals surface area contributed by atoms with Crippen molar-refractivity contribution in [2.75, 3.05) is 4.90 Å². The summed E-state index contributed by atoms with van der Waals surface area (Å²) in [5.74, 6) is 0. The number of hydrogen-bond acceptors (Lipinski definition) is 3. The van der Waals surface area contributed by atoms with Crippen LogP contribution in [0.5, 0.6) is 0 Å². The van der Waals surface area contributed by atoms with Gasteiger partial charge in [0.1, 0.15) is 0 Å². The number of nitrogens with zero attached hydrogens (tertiary/aromatic N) is 2. The van der Waals surface area contributed by atoms with Gasteiger partial charge in [0.2, 0.25) is 0 Å². The van der Waals surface area contributed by atoms with Crippen LogP contribution in [0.2, 0.25) is 0 Å². The molecule has 0 aliphatic rings. The first-order chi connectivity index (χ1) is 20.8. The fourth-order valence-corrected chi connectivity index (χ4v) is 6.76. The molecule has 198 valence electrons. The number of benzene rings is 7. The normalized spacial score (nSPS) is 11.3. The number of anilines is 3. The summed E-state index contributed by atoms with van der Waals surface area (Å²) in [6.45, 7) is 0. The lowest BCUT2D eigenvalue weighted by atomic mass is 9.96. The van der Waals surface area contributed by atoms with E-state index >= 15 is 0 Å². The van der Waals surface area contributed by atoms with Crippen LogP contribution in [-0.4, -0.2) is 4.37 Å². The summed E-state index contributed by atoms with van der Waals surface area (Å²) in [5, 5.41) is 6.16. The highest BCUT2D eigenvalue weighted by Gasteiger charge is 2.17. The molecule has 0 unspecified atom stereocenters. The van der Waals surface area contributed by atoms with E-state index in [1.807, 2.05) is 0 Å². The molecule has 1 aromatic heterocycles. The summed E-state index contributed by atoms with van der Waals surface area (Å²) in [7, 11) is 0. The molecule has 0 atom stereocenters. The van der Waals surface area contributed by atoms with Gasteiger partial charge in [0, 0.05) is 33.4 Å². The molecule has 0 bridgehead atoms. The third kappa shape index (κ3) is 4.23. The molecule has 0 saturated heterocycles. The van der Waals surface area contributed by atoms with Crippen LogP contribution in [0, 0.1) is 0 Å². The molecule has 8 rings (SSSR count). The zero-order chi connectivity index (χ0) is 27.9. The van der Waals surface area contributed by atoms with E-state index in [0.717, 1.165) is 28.3 Å². The number of aromatic nitrogens is 1. The largest absolute Gasteiger partial charge is 0.310 e. The Balaban J connectivity index is 1.35. The second-order valence-electron chi connectivity index (χ2n) is 10.5. The molecule has 8 aromatic rings. The molecule has 3 heteroatoms. The van der Waals surface area contributed by atoms with Crippen molar-refractivity contribution in [1.29, 1.82) is 0 Å². The maximum atomic E-state index is 4.94. The van der Waals surface area contributed by atoms with Crippen LogP contribution in [-0.2, 0) is 0 Å². The average Bonchev–Trinajstić information content (AvgIpc) is 3.51. The summed E-state index contributed by atoms with van der Waals surface area (Å²) < 4.78 is 6.14. The van der Waals surface area contributed by atoms with Crippen molar-refractivity contribution in [3.8, 4) is 22.4 Å². The minimum Gasteiger partial charge on any atom is -0.310 e. The van der Waals surface area contributed by atoms with Crippen LogP contribution in [0.3, 0.4) is 0 Å². The Morgan fingerprint density at radius 3 is 1.71 bits per heavy atom. The molecule has 2 nitrogen and oxygen atoms in total. The molecule has 0 aliphatic carbocycles. The zero-order valence-corrected chi connectivity index (χ0v) is 23.6. The van der Waals surface area contributed by atoms with Crippen molar-refractivity contribution in [3.05, 3.63) is 158 Å². The lowest BCUT2D eigenvalue weighted by Crippen LogP contribution is -2.09. The standard InChI is InChI=1S/C39H26N2S/c1-4-10-27(11-5-1)28-18-22-33(23-19-28)41(32-14-8-3-9-15-32)34-24-20-29-16-17-30-21-25-36-38(37(30)35(29)26-34)39(40-42-36)31-12-6-2-7-13-31/h1-26H. The van der Waals surface area contributed by atoms with Gasteiger partial charge in [0.15, 0.2) is 0 Å². The third-order valence-electron chi connectivity index (χ3n) is 7.97. The van der Waals surface area contributed by atoms with Gasteiger partial charge in [-0.15, -0.1) is 0 Å². The summed E-state index contributed by atoms with van der Waals surface area (Å²) in [5.41, 5.74) is 7.98. The average molecular weight is 555 g/mol. The number of fused-ring (bicyclic) bond motifs is 5. The smallest absolute Gasteiger partial charge is 0.0925 e. The minimum absolute atomic E-state index is 1.05. The van der Waals surface area contributed by atoms with Crippen LogP contribution in [0.1, 0.15) is 0 Å². The Morgan fingerprint density at radius 1 is 0.429 bits per heavy atom. The summed E-state index contributed by atoms with van der Waals surface area (Å²) in [6, 6.07) is 56.3. The molecule has 42 heavy (non-hydrogen) atoms. The van der Waals surface area contributed by atoms with Gasteiger partial charge < -0.3 is 4.90 Å². The Hall–Kier alpha value is -5.25. The fraction of sp³-hybridized carbons (Fsp3) is 0. The summed E-state index contributed by atoms with van der Waals surface area (Å²) in [6.07, 6.45) is 0. The van der Waals surface area contributed by atoms with Crippen LogP contribution >= 0.6 is 11.5 Å². The molecule has 0 amide bonds. The predicted molar refractivity (Wildman–Crippen MR) is 180 cm³/mol. The highest BCUT2D eigenvalue weighted by molar-refractivity contribution is 7.14. The molecule has 0 radical (unpaired) electrons. The maximum absolute atomic E-state index is 4.94. The van der Waals surface area contributed by atoms with Gasteiger partial charge in [-0.2, -0.15) is 4.37 Å². The fourth-order valence-electron chi connectivity index (χ4n) is 5.96. The number of rotatable bonds is 5. The van der Waals surface area contributed by atoms with Gasteiger partial charge in [-0.1, -0.05) is 115 Å². The summed E-state index contributed by atoms with van der Waals surface area (Å²) in [4.78, 5) is 2.34. The molecule has 0 N–H and O–H groups in total. The number of hydrogen-bond donors (Lipinski definition) is 0. The van der Waals surface area contributed by atoms with Crippen LogP contribution in [0.25, 0.3) is 54.0 Å². The highest BCUT2D eigenvalue weighted by atomic mass is 32.1. The van der Waals surface area contributed by atoms with E-state index in [2.05, 4.69) is 163 Å². The van der Waals surface area contributed by atoms with Gasteiger partial charge in [-0.3, -0.25) is 0 Å². The zero-order valence-electron chi connectivity index (χ0n) is 22.8. The summed E-state index contributed by atoms with van der Waals surface area (Å²) >= 11 is 1.58. The third-order valence-corrected chi connectivity index (χ3v) is 8.78. The van der Waals surface area contributed by atoms with Gasteiger partial charge in [-0.25, -0.2) is 0 Å². The van der Waals surface area contributed by atoms with Gasteiger partial charge in [0.05, 0.1) is 10.4 Å². The SMILES string of the molecule is c1ccc(-c2ccc(N(c3ccccc3)c3ccc4ccc5ccc6snc(-c7ccccc7)c6c5c4c3)cc2)cc1. The van der Waals surface area contributed by atoms with Crippen molar-refractivity contribution in [3.63, 3.8) is 0 Å². The predicted octanol–water partition coefficient (Wildman–Crippen LogP) is 11.4. The Labute approximate surface area is 248 Å². The molecule has 0 spiro atoms. The first-order valence-electron chi connectivity index (χ1n) is 14.1. The minimum atomic E-state index is 1.05. The van der Waals surface area contributed by atoms with Gasteiger partial charge >= 0.3 is 0 Å². The molecule has 7 aromatic carbocycles. The van der Waals surface area contributed by atoms with Crippen molar-refractivity contribution < 1.29 is 0 Å². The molecular weight excluding hydrogens is 529 g/mol. The molecule has 0 fully saturated rings. The van der Waals surface area contributed by atoms with Crippen molar-refractivity contribution in [2.45, 2.75) is 0 Å². The van der Waals surface area contributed by atoms with Gasteiger partial charge in [-0.05, 0) is 81.3 Å². The number of para-hydroxylation sites is 1. The monoisotopic (exact) mass is 554 g/mol. The topological polar surface area (TPSA) is 16.1 Å². The second kappa shape index (κ2) is 10.3. The lowest BCUT2D eigenvalue weighted by molar-refractivity contribution is 1.29. The van der Waals surface area contributed by atoms with Crippen molar-refractivity contribution >= 4 is 60.2 Å². The van der Waals surface area contributed by atoms with Crippen LogP contribution < -0.4 is 4.90 Å². The van der Waals surface area contributed by atoms with Crippen LogP contribution in [0.4, 0.5) is 17.1 Å². The second-order valence-corrected chi connectivity index (χ2v) is 11.3. The van der Waals surface area contributed by atoms with Crippen molar-refractivity contribution in [2.24, 2.45) is 0 Å². The van der Waals surface area contributed by atoms with E-state index < -0.39 is 0 Å². The Kier molecular flexibility index (Phi) is 6.02. The lowest BCUT2D eigenvalue weighted by Gasteiger charge is -2.26. The van der Waals surface area contributed by atoms with Crippen LogP contribution in [0.15, 0.2) is 158 Å². The van der Waals surface area contributed by atoms with E-state index in [0.29, 0.717) is 0 Å². The first-order valence-corrected chi connectivity index (χ1v) is 14.9. The first kappa shape index (κ1) is 24.5. The molecule has 0 aliphatic heterocycles. The molecule has 1 heterocycles. The van der Waals surface area contributed by atoms with Crippen molar-refractivity contribution in [1.82, 2.24) is 4.37 Å². The van der Waals surface area contributed by atoms with Gasteiger partial charge in [0.25, 0.3) is 0 Å². The maximum Gasteiger partial charge on any atom is 0.0925 e. The van der Waals surface area contributed by atoms with E-state index in [9.17, 15) is 0 Å². The highest BCUT2D eigenvalue weighted by Crippen LogP contribution is 2.42.